The molecular weight excluding hydrogens is 268 g/mol. The second kappa shape index (κ2) is 8.33. The predicted molar refractivity (Wildman–Crippen MR) is 93.1 cm³/mol. The van der Waals surface area contributed by atoms with E-state index in [2.05, 4.69) is 48.5 Å². The SMILES string of the molecule is CCC(=O)C=C(C)CCc1ccc(Cc2ccccc2)cc1. The zero-order valence-corrected chi connectivity index (χ0v) is 13.5. The highest BCUT2D eigenvalue weighted by Crippen LogP contribution is 2.13. The Kier molecular flexibility index (Phi) is 6.14. The quantitative estimate of drug-likeness (QED) is 0.646. The number of carbonyl (C=O) groups is 1. The summed E-state index contributed by atoms with van der Waals surface area (Å²) in [6, 6.07) is 19.3. The molecule has 2 rings (SSSR count). The number of ketones is 1. The van der Waals surface area contributed by atoms with Gasteiger partial charge in [0.05, 0.1) is 0 Å². The smallest absolute Gasteiger partial charge is 0.155 e. The molecule has 0 radical (unpaired) electrons. The van der Waals surface area contributed by atoms with Gasteiger partial charge in [-0.2, -0.15) is 0 Å². The van der Waals surface area contributed by atoms with Crippen LogP contribution in [-0.2, 0) is 17.6 Å². The number of hydrogen-bond donors (Lipinski definition) is 0. The lowest BCUT2D eigenvalue weighted by Crippen LogP contribution is -1.93. The van der Waals surface area contributed by atoms with Crippen molar-refractivity contribution < 1.29 is 4.79 Å². The summed E-state index contributed by atoms with van der Waals surface area (Å²) in [5.41, 5.74) is 5.17. The van der Waals surface area contributed by atoms with Gasteiger partial charge in [0.2, 0.25) is 0 Å². The van der Waals surface area contributed by atoms with E-state index < -0.39 is 0 Å². The van der Waals surface area contributed by atoms with Gasteiger partial charge in [-0.1, -0.05) is 67.1 Å². The predicted octanol–water partition coefficient (Wildman–Crippen LogP) is 5.14. The van der Waals surface area contributed by atoms with Gasteiger partial charge in [0, 0.05) is 6.42 Å². The standard InChI is InChI=1S/C21H24O/c1-3-21(22)15-17(2)9-10-18-11-13-20(14-12-18)16-19-7-5-4-6-8-19/h4-8,11-15H,3,9-10,16H2,1-2H3. The Bertz CT molecular complexity index is 621. The van der Waals surface area contributed by atoms with Crippen LogP contribution in [0, 0.1) is 0 Å². The van der Waals surface area contributed by atoms with Gasteiger partial charge < -0.3 is 0 Å². The first-order chi connectivity index (χ1) is 10.7. The van der Waals surface area contributed by atoms with Gasteiger partial charge >= 0.3 is 0 Å². The molecule has 22 heavy (non-hydrogen) atoms. The van der Waals surface area contributed by atoms with Gasteiger partial charge in [0.1, 0.15) is 0 Å². The van der Waals surface area contributed by atoms with E-state index in [4.69, 9.17) is 0 Å². The van der Waals surface area contributed by atoms with E-state index in [1.807, 2.05) is 19.9 Å². The van der Waals surface area contributed by atoms with Gasteiger partial charge in [0.15, 0.2) is 5.78 Å². The Morgan fingerprint density at radius 2 is 1.50 bits per heavy atom. The van der Waals surface area contributed by atoms with Crippen molar-refractivity contribution in [1.82, 2.24) is 0 Å². The van der Waals surface area contributed by atoms with Crippen LogP contribution >= 0.6 is 0 Å². The number of carbonyl (C=O) groups excluding carboxylic acids is 1. The molecule has 0 aliphatic rings. The van der Waals surface area contributed by atoms with Crippen molar-refractivity contribution in [3.05, 3.63) is 82.9 Å². The monoisotopic (exact) mass is 292 g/mol. The molecule has 0 atom stereocenters. The maximum atomic E-state index is 11.4. The minimum absolute atomic E-state index is 0.218. The molecule has 0 unspecified atom stereocenters. The van der Waals surface area contributed by atoms with E-state index in [0.717, 1.165) is 19.3 Å². The van der Waals surface area contributed by atoms with Gasteiger partial charge in [-0.25, -0.2) is 0 Å². The fourth-order valence-corrected chi connectivity index (χ4v) is 2.45. The highest BCUT2D eigenvalue weighted by Gasteiger charge is 1.99. The Hall–Kier alpha value is -2.15. The molecule has 0 aliphatic carbocycles. The molecule has 2 aromatic carbocycles. The molecule has 0 bridgehead atoms. The minimum atomic E-state index is 0.218. The zero-order chi connectivity index (χ0) is 15.8. The third-order valence-electron chi connectivity index (χ3n) is 3.84. The van der Waals surface area contributed by atoms with Gasteiger partial charge in [0.25, 0.3) is 0 Å². The summed E-state index contributed by atoms with van der Waals surface area (Å²) < 4.78 is 0. The van der Waals surface area contributed by atoms with E-state index in [9.17, 15) is 4.79 Å². The lowest BCUT2D eigenvalue weighted by molar-refractivity contribution is -0.114. The van der Waals surface area contributed by atoms with Gasteiger partial charge in [-0.3, -0.25) is 4.79 Å². The largest absolute Gasteiger partial charge is 0.295 e. The van der Waals surface area contributed by atoms with Crippen molar-refractivity contribution in [2.45, 2.75) is 39.5 Å². The van der Waals surface area contributed by atoms with Crippen molar-refractivity contribution in [2.24, 2.45) is 0 Å². The fourth-order valence-electron chi connectivity index (χ4n) is 2.45. The van der Waals surface area contributed by atoms with Crippen LogP contribution in [0.5, 0.6) is 0 Å². The molecule has 1 heteroatoms. The third-order valence-corrected chi connectivity index (χ3v) is 3.84. The molecular formula is C21H24O. The summed E-state index contributed by atoms with van der Waals surface area (Å²) in [5, 5.41) is 0. The third kappa shape index (κ3) is 5.33. The first-order valence-electron chi connectivity index (χ1n) is 7.99. The van der Waals surface area contributed by atoms with Crippen molar-refractivity contribution in [3.63, 3.8) is 0 Å². The highest BCUT2D eigenvalue weighted by atomic mass is 16.1. The molecule has 0 aromatic heterocycles. The summed E-state index contributed by atoms with van der Waals surface area (Å²) >= 11 is 0. The van der Waals surface area contributed by atoms with Crippen molar-refractivity contribution in [2.75, 3.05) is 0 Å². The van der Waals surface area contributed by atoms with Crippen molar-refractivity contribution in [1.29, 1.82) is 0 Å². The molecule has 0 aliphatic heterocycles. The van der Waals surface area contributed by atoms with Crippen LogP contribution in [-0.4, -0.2) is 5.78 Å². The molecule has 0 N–H and O–H groups in total. The van der Waals surface area contributed by atoms with E-state index in [-0.39, 0.29) is 5.78 Å². The Morgan fingerprint density at radius 3 is 2.14 bits per heavy atom. The van der Waals surface area contributed by atoms with Gasteiger partial charge in [-0.15, -0.1) is 0 Å². The molecule has 0 spiro atoms. The average molecular weight is 292 g/mol. The van der Waals surface area contributed by atoms with Crippen LogP contribution < -0.4 is 0 Å². The molecule has 0 heterocycles. The minimum Gasteiger partial charge on any atom is -0.295 e. The number of benzene rings is 2. The summed E-state index contributed by atoms with van der Waals surface area (Å²) in [5.74, 6) is 0.218. The first-order valence-corrected chi connectivity index (χ1v) is 7.99. The number of allylic oxidation sites excluding steroid dienone is 2. The van der Waals surface area contributed by atoms with E-state index in [1.54, 1.807) is 6.08 Å². The molecule has 0 saturated carbocycles. The second-order valence-corrected chi connectivity index (χ2v) is 5.79. The lowest BCUT2D eigenvalue weighted by atomic mass is 10.0. The maximum Gasteiger partial charge on any atom is 0.155 e. The van der Waals surface area contributed by atoms with Crippen molar-refractivity contribution in [3.8, 4) is 0 Å². The summed E-state index contributed by atoms with van der Waals surface area (Å²) in [7, 11) is 0. The Balaban J connectivity index is 1.89. The van der Waals surface area contributed by atoms with Crippen LogP contribution in [0.4, 0.5) is 0 Å². The number of hydrogen-bond acceptors (Lipinski definition) is 1. The number of rotatable bonds is 7. The van der Waals surface area contributed by atoms with E-state index in [1.165, 1.54) is 22.3 Å². The van der Waals surface area contributed by atoms with E-state index in [0.29, 0.717) is 6.42 Å². The van der Waals surface area contributed by atoms with Gasteiger partial charge in [-0.05, 0) is 49.0 Å². The molecule has 1 nitrogen and oxygen atoms in total. The summed E-state index contributed by atoms with van der Waals surface area (Å²) in [4.78, 5) is 11.4. The van der Waals surface area contributed by atoms with Crippen LogP contribution in [0.2, 0.25) is 0 Å². The zero-order valence-electron chi connectivity index (χ0n) is 13.5. The first kappa shape index (κ1) is 16.2. The molecule has 114 valence electrons. The topological polar surface area (TPSA) is 17.1 Å². The summed E-state index contributed by atoms with van der Waals surface area (Å²) in [6.07, 6.45) is 5.29. The second-order valence-electron chi connectivity index (χ2n) is 5.79. The number of aryl methyl sites for hydroxylation is 1. The van der Waals surface area contributed by atoms with Crippen LogP contribution in [0.1, 0.15) is 43.4 Å². The molecule has 0 fully saturated rings. The Morgan fingerprint density at radius 1 is 0.909 bits per heavy atom. The van der Waals surface area contributed by atoms with Crippen LogP contribution in [0.15, 0.2) is 66.2 Å². The molecule has 0 saturated heterocycles. The van der Waals surface area contributed by atoms with Crippen LogP contribution in [0.3, 0.4) is 0 Å². The molecule has 0 amide bonds. The van der Waals surface area contributed by atoms with Crippen LogP contribution in [0.25, 0.3) is 0 Å². The van der Waals surface area contributed by atoms with Crippen molar-refractivity contribution >= 4 is 5.78 Å². The maximum absolute atomic E-state index is 11.4. The molecule has 2 aromatic rings. The fraction of sp³-hybridized carbons (Fsp3) is 0.286. The summed E-state index contributed by atoms with van der Waals surface area (Å²) in [6.45, 7) is 3.94. The lowest BCUT2D eigenvalue weighted by Gasteiger charge is -2.05. The van der Waals surface area contributed by atoms with E-state index >= 15 is 0 Å². The normalized spacial score (nSPS) is 11.5. The Labute approximate surface area is 133 Å². The average Bonchev–Trinajstić information content (AvgIpc) is 2.55. The highest BCUT2D eigenvalue weighted by molar-refractivity contribution is 5.89.